The van der Waals surface area contributed by atoms with Crippen molar-refractivity contribution in [2.24, 2.45) is 0 Å². The molecule has 0 aromatic heterocycles. The van der Waals surface area contributed by atoms with Crippen molar-refractivity contribution in [1.29, 1.82) is 0 Å². The first-order valence-corrected chi connectivity index (χ1v) is 8.30. The summed E-state index contributed by atoms with van der Waals surface area (Å²) in [6, 6.07) is 0. The molecule has 8 heavy (non-hydrogen) atoms. The third kappa shape index (κ3) is 288. The molecule has 0 aliphatic rings. The molecule has 0 aliphatic heterocycles. The first kappa shape index (κ1) is 11.7. The molecule has 0 rings (SSSR count). The van der Waals surface area contributed by atoms with Crippen LogP contribution in [-0.4, -0.2) is 0 Å². The summed E-state index contributed by atoms with van der Waals surface area (Å²) in [4.78, 5) is 0. The van der Waals surface area contributed by atoms with E-state index in [0.29, 0.717) is 0 Å². The van der Waals surface area contributed by atoms with E-state index in [1.165, 1.54) is 0 Å². The molecule has 0 saturated heterocycles. The van der Waals surface area contributed by atoms with Crippen molar-refractivity contribution >= 4 is 0 Å². The monoisotopic (exact) mass is 302 g/mol. The van der Waals surface area contributed by atoms with Crippen molar-refractivity contribution in [2.45, 2.75) is 0 Å². The van der Waals surface area contributed by atoms with Gasteiger partial charge in [-0.25, -0.2) is 0 Å². The molecule has 0 amide bonds. The van der Waals surface area contributed by atoms with Gasteiger partial charge in [-0.2, -0.15) is 0 Å². The summed E-state index contributed by atoms with van der Waals surface area (Å²) in [5.74, 6) is 0. The molecule has 0 saturated carbocycles. The van der Waals surface area contributed by atoms with E-state index in [4.69, 9.17) is 0 Å². The standard InChI is InChI=1S/6FH.Li.Ta/h6*1H;;/q;;;;;;+1;+5/p-6. The molecule has 0 bridgehead atoms. The van der Waals surface area contributed by atoms with Crippen LogP contribution in [0.2, 0.25) is 0 Å². The molecule has 0 unspecified atom stereocenters. The number of halogens is 6. The first-order valence-electron chi connectivity index (χ1n) is 1.01. The summed E-state index contributed by atoms with van der Waals surface area (Å²) >= 11 is -11.4. The van der Waals surface area contributed by atoms with Crippen LogP contribution < -0.4 is 18.9 Å². The smallest absolute Gasteiger partial charge is 1.00 e. The van der Waals surface area contributed by atoms with Gasteiger partial charge < -0.3 is 0 Å². The Kier molecular flexibility index (Phi) is 2.18. The van der Waals surface area contributed by atoms with Gasteiger partial charge in [0.25, 0.3) is 0 Å². The Morgan fingerprint density at radius 3 is 0.625 bits per heavy atom. The number of hydrogen-bond acceptors (Lipinski definition) is 0. The fourth-order valence-electron chi connectivity index (χ4n) is 0. The van der Waals surface area contributed by atoms with Gasteiger partial charge in [-0.3, -0.25) is 0 Å². The Hall–Kier alpha value is 0.918. The summed E-state index contributed by atoms with van der Waals surface area (Å²) in [7, 11) is 0. The Morgan fingerprint density at radius 1 is 0.625 bits per heavy atom. The maximum Gasteiger partial charge on any atom is 1.00 e. The molecule has 0 heterocycles. The zero-order chi connectivity index (χ0) is 6.41. The minimum Gasteiger partial charge on any atom is 1.00 e. The molecule has 0 radical (unpaired) electrons. The third-order valence-corrected chi connectivity index (χ3v) is 0. The van der Waals surface area contributed by atoms with Gasteiger partial charge in [-0.05, 0) is 0 Å². The Bertz CT molecular complexity index is 67.1. The van der Waals surface area contributed by atoms with Crippen molar-refractivity contribution in [3.63, 3.8) is 0 Å². The van der Waals surface area contributed by atoms with Gasteiger partial charge in [-0.1, -0.05) is 0 Å². The molecule has 0 spiro atoms. The van der Waals surface area contributed by atoms with E-state index in [9.17, 15) is 18.1 Å². The molecule has 0 fully saturated rings. The summed E-state index contributed by atoms with van der Waals surface area (Å²) in [6.45, 7) is 0. The Balaban J connectivity index is 0. The predicted octanol–water partition coefficient (Wildman–Crippen LogP) is -0.477. The summed E-state index contributed by atoms with van der Waals surface area (Å²) in [5.41, 5.74) is 0. The summed E-state index contributed by atoms with van der Waals surface area (Å²) < 4.78 is 59.6. The fraction of sp³-hybridized carbons (Fsp3) is 0. The van der Waals surface area contributed by atoms with Crippen LogP contribution in [0.4, 0.5) is 18.1 Å². The van der Waals surface area contributed by atoms with Gasteiger partial charge in [0.05, 0.1) is 0 Å². The number of hydrogen-bond donors (Lipinski definition) is 0. The van der Waals surface area contributed by atoms with Gasteiger partial charge in [0, 0.05) is 0 Å². The topological polar surface area (TPSA) is 0 Å². The van der Waals surface area contributed by atoms with Crippen LogP contribution in [0.25, 0.3) is 0 Å². The van der Waals surface area contributed by atoms with E-state index in [-0.39, 0.29) is 18.9 Å². The van der Waals surface area contributed by atoms with E-state index in [1.54, 1.807) is 0 Å². The molecule has 0 N–H and O–H groups in total. The largest absolute Gasteiger partial charge is 1.00 e. The van der Waals surface area contributed by atoms with Crippen LogP contribution in [0, 0.1) is 0 Å². The van der Waals surface area contributed by atoms with E-state index in [0.717, 1.165) is 0 Å². The van der Waals surface area contributed by atoms with Gasteiger partial charge in [0.2, 0.25) is 0 Å². The second-order valence-corrected chi connectivity index (χ2v) is 7.84. The van der Waals surface area contributed by atoms with Crippen LogP contribution in [0.3, 0.4) is 0 Å². The average Bonchev–Trinajstić information content (AvgIpc) is 0.592. The molecule has 0 aromatic carbocycles. The van der Waals surface area contributed by atoms with Crippen molar-refractivity contribution in [3.05, 3.63) is 0 Å². The molecule has 0 aromatic rings. The fourth-order valence-corrected chi connectivity index (χ4v) is 0. The molecule has 48 valence electrons. The molecule has 8 heteroatoms. The van der Waals surface area contributed by atoms with Gasteiger partial charge in [0.15, 0.2) is 0 Å². The molecule has 0 aliphatic carbocycles. The SMILES string of the molecule is [F][Ta-]([F])([F])([F])([F])[F].[Li+]. The summed E-state index contributed by atoms with van der Waals surface area (Å²) in [6.07, 6.45) is 0. The van der Waals surface area contributed by atoms with E-state index >= 15 is 0 Å². The van der Waals surface area contributed by atoms with Gasteiger partial charge >= 0.3 is 54.8 Å². The third-order valence-electron chi connectivity index (χ3n) is 0. The van der Waals surface area contributed by atoms with Gasteiger partial charge in [-0.15, -0.1) is 0 Å². The van der Waals surface area contributed by atoms with E-state index < -0.39 is 17.8 Å². The second-order valence-electron chi connectivity index (χ2n) is 0.958. The van der Waals surface area contributed by atoms with Crippen molar-refractivity contribution in [2.75, 3.05) is 0 Å². The van der Waals surface area contributed by atoms with Crippen LogP contribution in [-0.2, 0) is 17.8 Å². The Morgan fingerprint density at radius 2 is 0.625 bits per heavy atom. The Labute approximate surface area is 55.0 Å². The molecular formula is F6LiTa. The minimum atomic E-state index is -11.4. The normalized spacial score (nSPS) is 20.2. The van der Waals surface area contributed by atoms with Crippen LogP contribution in [0.15, 0.2) is 0 Å². The summed E-state index contributed by atoms with van der Waals surface area (Å²) in [5, 5.41) is 0. The van der Waals surface area contributed by atoms with Crippen LogP contribution in [0.1, 0.15) is 0 Å². The van der Waals surface area contributed by atoms with Crippen LogP contribution >= 0.6 is 0 Å². The average molecular weight is 302 g/mol. The van der Waals surface area contributed by atoms with Crippen molar-refractivity contribution in [3.8, 4) is 0 Å². The minimum absolute atomic E-state index is 0. The predicted molar refractivity (Wildman–Crippen MR) is 6.65 cm³/mol. The van der Waals surface area contributed by atoms with E-state index in [2.05, 4.69) is 0 Å². The number of rotatable bonds is 0. The van der Waals surface area contributed by atoms with Gasteiger partial charge in [0.1, 0.15) is 0 Å². The second kappa shape index (κ2) is 1.50. The van der Waals surface area contributed by atoms with Crippen molar-refractivity contribution < 1.29 is 54.8 Å². The molecule has 0 atom stereocenters. The van der Waals surface area contributed by atoms with Crippen molar-refractivity contribution in [1.82, 2.24) is 0 Å². The molecular weight excluding hydrogens is 302 g/mol. The first-order chi connectivity index (χ1) is 2.45. The zero-order valence-corrected chi connectivity index (χ0v) is 6.93. The maximum atomic E-state index is 9.94. The zero-order valence-electron chi connectivity index (χ0n) is 3.72. The molecule has 0 nitrogen and oxygen atoms in total. The quantitative estimate of drug-likeness (QED) is 0.419. The van der Waals surface area contributed by atoms with E-state index in [1.807, 2.05) is 0 Å². The van der Waals surface area contributed by atoms with Crippen LogP contribution in [0.5, 0.6) is 0 Å². The maximum absolute atomic E-state index is 11.4.